The molecule has 148 valence electrons. The maximum absolute atomic E-state index is 12.5. The highest BCUT2D eigenvalue weighted by molar-refractivity contribution is 5.88. The highest BCUT2D eigenvalue weighted by Crippen LogP contribution is 2.23. The summed E-state index contributed by atoms with van der Waals surface area (Å²) in [5.41, 5.74) is 2.01. The van der Waals surface area contributed by atoms with Gasteiger partial charge in [0.2, 0.25) is 11.8 Å². The number of carbonyl (C=O) groups is 2. The number of benzene rings is 1. The van der Waals surface area contributed by atoms with Crippen LogP contribution in [0.15, 0.2) is 29.8 Å². The van der Waals surface area contributed by atoms with Crippen LogP contribution in [0.2, 0.25) is 0 Å². The van der Waals surface area contributed by atoms with E-state index < -0.39 is 6.04 Å². The molecule has 1 fully saturated rings. The molecule has 2 amide bonds. The summed E-state index contributed by atoms with van der Waals surface area (Å²) in [6.45, 7) is 6.35. The normalized spacial score (nSPS) is 17.0. The van der Waals surface area contributed by atoms with Crippen molar-refractivity contribution in [2.45, 2.75) is 32.9 Å². The molecule has 2 rings (SSSR count). The Bertz CT molecular complexity index is 698. The van der Waals surface area contributed by atoms with Crippen LogP contribution in [0.1, 0.15) is 25.8 Å². The molecule has 0 spiro atoms. The summed E-state index contributed by atoms with van der Waals surface area (Å²) in [5.74, 6) is 1.10. The predicted molar refractivity (Wildman–Crippen MR) is 104 cm³/mol. The smallest absolute Gasteiger partial charge is 0.237 e. The summed E-state index contributed by atoms with van der Waals surface area (Å²) < 4.78 is 10.6. The number of methoxy groups -OCH3 is 2. The summed E-state index contributed by atoms with van der Waals surface area (Å²) in [6, 6.07) is 4.97. The third-order valence-corrected chi connectivity index (χ3v) is 4.52. The van der Waals surface area contributed by atoms with Gasteiger partial charge in [-0.1, -0.05) is 11.6 Å². The van der Waals surface area contributed by atoms with Gasteiger partial charge in [0.1, 0.15) is 11.5 Å². The highest BCUT2D eigenvalue weighted by Gasteiger charge is 2.30. The fourth-order valence-corrected chi connectivity index (χ4v) is 2.96. The van der Waals surface area contributed by atoms with Crippen molar-refractivity contribution in [2.75, 3.05) is 33.9 Å². The van der Waals surface area contributed by atoms with Gasteiger partial charge in [0.25, 0.3) is 0 Å². The number of carbonyl (C=O) groups excluding carboxylic acids is 2. The monoisotopic (exact) mass is 375 g/mol. The van der Waals surface area contributed by atoms with E-state index in [0.29, 0.717) is 31.1 Å². The minimum absolute atomic E-state index is 0.0995. The van der Waals surface area contributed by atoms with E-state index in [0.717, 1.165) is 12.1 Å². The van der Waals surface area contributed by atoms with Crippen LogP contribution in [0.3, 0.4) is 0 Å². The van der Waals surface area contributed by atoms with E-state index in [1.165, 1.54) is 5.57 Å². The van der Waals surface area contributed by atoms with E-state index >= 15 is 0 Å². The number of nitrogens with zero attached hydrogens (tertiary/aromatic N) is 1. The second-order valence-corrected chi connectivity index (χ2v) is 6.74. The van der Waals surface area contributed by atoms with Crippen molar-refractivity contribution in [1.82, 2.24) is 15.5 Å². The lowest BCUT2D eigenvalue weighted by Crippen LogP contribution is -2.56. The average Bonchev–Trinajstić information content (AvgIpc) is 2.66. The Morgan fingerprint density at radius 3 is 2.78 bits per heavy atom. The fraction of sp³-hybridized carbons (Fsp3) is 0.500. The van der Waals surface area contributed by atoms with Crippen molar-refractivity contribution in [3.63, 3.8) is 0 Å². The number of piperazine rings is 1. The summed E-state index contributed by atoms with van der Waals surface area (Å²) in [6.07, 6.45) is 2.19. The molecule has 1 aliphatic rings. The molecule has 0 aliphatic carbocycles. The maximum Gasteiger partial charge on any atom is 0.237 e. The summed E-state index contributed by atoms with van der Waals surface area (Å²) >= 11 is 0. The predicted octanol–water partition coefficient (Wildman–Crippen LogP) is 1.48. The number of allylic oxidation sites excluding steroid dienone is 1. The van der Waals surface area contributed by atoms with Crippen LogP contribution in [-0.4, -0.2) is 56.6 Å². The third-order valence-electron chi connectivity index (χ3n) is 4.52. The first-order chi connectivity index (χ1) is 12.9. The maximum atomic E-state index is 12.5. The Balaban J connectivity index is 1.99. The molecule has 1 aromatic rings. The van der Waals surface area contributed by atoms with E-state index in [9.17, 15) is 9.59 Å². The zero-order valence-electron chi connectivity index (χ0n) is 16.5. The molecule has 1 unspecified atom stereocenters. The van der Waals surface area contributed by atoms with Gasteiger partial charge in [-0.3, -0.25) is 14.5 Å². The Morgan fingerprint density at radius 1 is 1.33 bits per heavy atom. The van der Waals surface area contributed by atoms with Gasteiger partial charge in [-0.15, -0.1) is 0 Å². The molecule has 27 heavy (non-hydrogen) atoms. The molecule has 1 atom stereocenters. The van der Waals surface area contributed by atoms with E-state index in [-0.39, 0.29) is 18.2 Å². The first-order valence-corrected chi connectivity index (χ1v) is 9.07. The van der Waals surface area contributed by atoms with E-state index in [4.69, 9.17) is 9.47 Å². The number of hydrogen-bond acceptors (Lipinski definition) is 5. The molecule has 1 heterocycles. The number of amides is 2. The second kappa shape index (κ2) is 9.97. The molecule has 1 aliphatic heterocycles. The van der Waals surface area contributed by atoms with Gasteiger partial charge in [0.15, 0.2) is 0 Å². The van der Waals surface area contributed by atoms with Crippen LogP contribution in [-0.2, 0) is 16.1 Å². The molecule has 1 saturated heterocycles. The molecule has 7 nitrogen and oxygen atoms in total. The minimum Gasteiger partial charge on any atom is -0.497 e. The summed E-state index contributed by atoms with van der Waals surface area (Å²) in [4.78, 5) is 26.8. The van der Waals surface area contributed by atoms with Crippen LogP contribution in [0.5, 0.6) is 11.5 Å². The molecule has 0 bridgehead atoms. The van der Waals surface area contributed by atoms with E-state index in [2.05, 4.69) is 16.7 Å². The number of hydrogen-bond donors (Lipinski definition) is 2. The number of ether oxygens (including phenoxy) is 2. The molecular weight excluding hydrogens is 346 g/mol. The van der Waals surface area contributed by atoms with Crippen LogP contribution in [0.25, 0.3) is 0 Å². The van der Waals surface area contributed by atoms with Gasteiger partial charge in [-0.25, -0.2) is 0 Å². The molecule has 1 aromatic carbocycles. The molecule has 0 radical (unpaired) electrons. The van der Waals surface area contributed by atoms with Crippen molar-refractivity contribution in [2.24, 2.45) is 0 Å². The minimum atomic E-state index is -0.457. The van der Waals surface area contributed by atoms with Crippen LogP contribution in [0, 0.1) is 0 Å². The van der Waals surface area contributed by atoms with Crippen LogP contribution >= 0.6 is 0 Å². The van der Waals surface area contributed by atoms with Gasteiger partial charge in [-0.05, 0) is 32.0 Å². The van der Waals surface area contributed by atoms with E-state index in [1.807, 2.05) is 24.8 Å². The zero-order valence-corrected chi connectivity index (χ0v) is 16.5. The average molecular weight is 375 g/mol. The van der Waals surface area contributed by atoms with Crippen LogP contribution < -0.4 is 20.1 Å². The number of rotatable bonds is 8. The van der Waals surface area contributed by atoms with Crippen molar-refractivity contribution < 1.29 is 19.1 Å². The third kappa shape index (κ3) is 5.99. The highest BCUT2D eigenvalue weighted by atomic mass is 16.5. The second-order valence-electron chi connectivity index (χ2n) is 6.74. The lowest BCUT2D eigenvalue weighted by Gasteiger charge is -2.34. The van der Waals surface area contributed by atoms with Crippen LogP contribution in [0.4, 0.5) is 0 Å². The molecule has 0 aromatic heterocycles. The first kappa shape index (κ1) is 20.8. The zero-order chi connectivity index (χ0) is 19.8. The van der Waals surface area contributed by atoms with Gasteiger partial charge < -0.3 is 20.1 Å². The molecule has 7 heteroatoms. The summed E-state index contributed by atoms with van der Waals surface area (Å²) in [7, 11) is 3.17. The lowest BCUT2D eigenvalue weighted by atomic mass is 10.1. The first-order valence-electron chi connectivity index (χ1n) is 9.07. The standard InChI is InChI=1S/C20H29N3O4/c1-14(2)7-9-23-10-8-21-20(25)17(23)12-19(24)22-13-15-11-16(26-3)5-6-18(15)27-4/h5-7,11,17H,8-10,12-13H2,1-4H3,(H,21,25)(H,22,24). The Hall–Kier alpha value is -2.54. The largest absolute Gasteiger partial charge is 0.497 e. The quantitative estimate of drug-likeness (QED) is 0.673. The summed E-state index contributed by atoms with van der Waals surface area (Å²) in [5, 5.41) is 5.73. The van der Waals surface area contributed by atoms with Gasteiger partial charge in [0.05, 0.1) is 26.7 Å². The van der Waals surface area contributed by atoms with E-state index in [1.54, 1.807) is 26.4 Å². The molecule has 2 N–H and O–H groups in total. The van der Waals surface area contributed by atoms with Gasteiger partial charge in [-0.2, -0.15) is 0 Å². The SMILES string of the molecule is COc1ccc(OC)c(CNC(=O)CC2C(=O)NCCN2CC=C(C)C)c1. The van der Waals surface area contributed by atoms with Gasteiger partial charge in [0, 0.05) is 31.7 Å². The Morgan fingerprint density at radius 2 is 2.11 bits per heavy atom. The fourth-order valence-electron chi connectivity index (χ4n) is 2.96. The number of nitrogens with one attached hydrogen (secondary N) is 2. The topological polar surface area (TPSA) is 79.9 Å². The Kier molecular flexibility index (Phi) is 7.67. The van der Waals surface area contributed by atoms with Crippen molar-refractivity contribution in [1.29, 1.82) is 0 Å². The van der Waals surface area contributed by atoms with Gasteiger partial charge >= 0.3 is 0 Å². The van der Waals surface area contributed by atoms with Crippen molar-refractivity contribution in [3.8, 4) is 11.5 Å². The molecular formula is C20H29N3O4. The Labute approximate surface area is 160 Å². The lowest BCUT2D eigenvalue weighted by molar-refractivity contribution is -0.133. The van der Waals surface area contributed by atoms with Crippen molar-refractivity contribution in [3.05, 3.63) is 35.4 Å². The molecule has 0 saturated carbocycles. The van der Waals surface area contributed by atoms with Crippen molar-refractivity contribution >= 4 is 11.8 Å².